The number of aliphatic hydroxyl groups is 2. The van der Waals surface area contributed by atoms with Crippen LogP contribution in [0.5, 0.6) is 0 Å². The van der Waals surface area contributed by atoms with Gasteiger partial charge in [0.1, 0.15) is 0 Å². The van der Waals surface area contributed by atoms with Crippen LogP contribution in [-0.4, -0.2) is 22.9 Å². The highest BCUT2D eigenvalue weighted by Gasteiger charge is 2.21. The van der Waals surface area contributed by atoms with E-state index in [-0.39, 0.29) is 12.7 Å². The van der Waals surface area contributed by atoms with E-state index in [1.165, 1.54) is 19.3 Å². The molecular weight excluding hydrogens is 176 g/mol. The molecule has 1 aliphatic carbocycles. The summed E-state index contributed by atoms with van der Waals surface area (Å²) in [6.07, 6.45) is 10.1. The summed E-state index contributed by atoms with van der Waals surface area (Å²) in [5.41, 5.74) is 0. The van der Waals surface area contributed by atoms with Crippen molar-refractivity contribution < 1.29 is 10.2 Å². The molecule has 1 saturated carbocycles. The first-order valence-electron chi connectivity index (χ1n) is 5.71. The zero-order valence-electron chi connectivity index (χ0n) is 9.45. The van der Waals surface area contributed by atoms with E-state index in [4.69, 9.17) is 5.11 Å². The molecule has 0 saturated heterocycles. The number of unbranched alkanes of at least 4 members (excludes halogenated alkanes) is 1. The molecular formula is C12H24O2. The molecule has 1 fully saturated rings. The molecule has 2 unspecified atom stereocenters. The summed E-state index contributed by atoms with van der Waals surface area (Å²) in [7, 11) is 0. The van der Waals surface area contributed by atoms with Gasteiger partial charge in [0.05, 0.1) is 6.10 Å². The Morgan fingerprint density at radius 1 is 1.29 bits per heavy atom. The van der Waals surface area contributed by atoms with Crippen molar-refractivity contribution in [2.75, 3.05) is 6.61 Å². The lowest BCUT2D eigenvalue weighted by atomic mass is 10.1. The number of aliphatic hydroxyl groups excluding tert-OH is 2. The fourth-order valence-corrected chi connectivity index (χ4v) is 1.63. The van der Waals surface area contributed by atoms with Gasteiger partial charge in [0.2, 0.25) is 0 Å². The number of rotatable bonds is 3. The van der Waals surface area contributed by atoms with Crippen molar-refractivity contribution in [1.82, 2.24) is 0 Å². The molecule has 2 atom stereocenters. The monoisotopic (exact) mass is 200 g/mol. The fraction of sp³-hybridized carbons (Fsp3) is 0.833. The third-order valence-corrected chi connectivity index (χ3v) is 2.37. The predicted molar refractivity (Wildman–Crippen MR) is 60.2 cm³/mol. The summed E-state index contributed by atoms with van der Waals surface area (Å²) >= 11 is 0. The van der Waals surface area contributed by atoms with Gasteiger partial charge in [0.25, 0.3) is 0 Å². The molecule has 0 aromatic heterocycles. The SMILES string of the molecule is CCC/C=C\C1CCCC1O.CCO. The Hall–Kier alpha value is -0.340. The normalized spacial score (nSPS) is 26.3. The lowest BCUT2D eigenvalue weighted by Crippen LogP contribution is -2.09. The number of hydrogen-bond donors (Lipinski definition) is 2. The Labute approximate surface area is 87.7 Å². The van der Waals surface area contributed by atoms with Gasteiger partial charge in [-0.15, -0.1) is 0 Å². The molecule has 0 heterocycles. The van der Waals surface area contributed by atoms with Crippen LogP contribution in [-0.2, 0) is 0 Å². The molecule has 84 valence electrons. The van der Waals surface area contributed by atoms with Crippen LogP contribution in [0, 0.1) is 5.92 Å². The minimum atomic E-state index is -0.0527. The van der Waals surface area contributed by atoms with E-state index in [0.717, 1.165) is 12.8 Å². The first-order valence-corrected chi connectivity index (χ1v) is 5.71. The molecule has 1 rings (SSSR count). The largest absolute Gasteiger partial charge is 0.397 e. The molecule has 2 heteroatoms. The number of allylic oxidation sites excluding steroid dienone is 1. The summed E-state index contributed by atoms with van der Waals surface area (Å²) in [6, 6.07) is 0. The zero-order chi connectivity index (χ0) is 10.8. The van der Waals surface area contributed by atoms with Crippen LogP contribution in [0.15, 0.2) is 12.2 Å². The van der Waals surface area contributed by atoms with E-state index in [0.29, 0.717) is 5.92 Å². The van der Waals surface area contributed by atoms with E-state index in [2.05, 4.69) is 19.1 Å². The van der Waals surface area contributed by atoms with Crippen molar-refractivity contribution in [3.63, 3.8) is 0 Å². The Bertz CT molecular complexity index is 143. The minimum Gasteiger partial charge on any atom is -0.397 e. The third-order valence-electron chi connectivity index (χ3n) is 2.37. The second kappa shape index (κ2) is 9.22. The molecule has 1 aliphatic rings. The van der Waals surface area contributed by atoms with Gasteiger partial charge >= 0.3 is 0 Å². The van der Waals surface area contributed by atoms with Gasteiger partial charge in [-0.1, -0.05) is 31.9 Å². The Morgan fingerprint density at radius 2 is 1.93 bits per heavy atom. The standard InChI is InChI=1S/C10H18O.C2H6O/c1-2-3-4-6-9-7-5-8-10(9)11;1-2-3/h4,6,9-11H,2-3,5,7-8H2,1H3;3H,2H2,1H3/b6-4-;. The molecule has 14 heavy (non-hydrogen) atoms. The zero-order valence-corrected chi connectivity index (χ0v) is 9.45. The highest BCUT2D eigenvalue weighted by atomic mass is 16.3. The minimum absolute atomic E-state index is 0.0527. The first kappa shape index (κ1) is 13.7. The molecule has 0 spiro atoms. The highest BCUT2D eigenvalue weighted by Crippen LogP contribution is 2.26. The van der Waals surface area contributed by atoms with E-state index in [1.807, 2.05) is 0 Å². The van der Waals surface area contributed by atoms with Crippen molar-refractivity contribution in [3.05, 3.63) is 12.2 Å². The second-order valence-corrected chi connectivity index (χ2v) is 3.70. The van der Waals surface area contributed by atoms with Crippen LogP contribution < -0.4 is 0 Å². The molecule has 0 bridgehead atoms. The van der Waals surface area contributed by atoms with Gasteiger partial charge < -0.3 is 10.2 Å². The van der Waals surface area contributed by atoms with E-state index >= 15 is 0 Å². The molecule has 0 aliphatic heterocycles. The van der Waals surface area contributed by atoms with Crippen LogP contribution in [0.3, 0.4) is 0 Å². The molecule has 0 aromatic rings. The maximum Gasteiger partial charge on any atom is 0.0602 e. The van der Waals surface area contributed by atoms with Crippen LogP contribution in [0.2, 0.25) is 0 Å². The fourth-order valence-electron chi connectivity index (χ4n) is 1.63. The summed E-state index contributed by atoms with van der Waals surface area (Å²) in [5, 5.41) is 17.0. The van der Waals surface area contributed by atoms with Gasteiger partial charge in [0.15, 0.2) is 0 Å². The van der Waals surface area contributed by atoms with Crippen molar-refractivity contribution in [2.45, 2.75) is 52.1 Å². The van der Waals surface area contributed by atoms with E-state index in [1.54, 1.807) is 6.92 Å². The van der Waals surface area contributed by atoms with Gasteiger partial charge in [0, 0.05) is 12.5 Å². The van der Waals surface area contributed by atoms with Gasteiger partial charge in [-0.2, -0.15) is 0 Å². The molecule has 2 nitrogen and oxygen atoms in total. The topological polar surface area (TPSA) is 40.5 Å². The average Bonchev–Trinajstić information content (AvgIpc) is 2.54. The smallest absolute Gasteiger partial charge is 0.0602 e. The molecule has 2 N–H and O–H groups in total. The van der Waals surface area contributed by atoms with Gasteiger partial charge in [-0.25, -0.2) is 0 Å². The maximum atomic E-state index is 9.44. The summed E-state index contributed by atoms with van der Waals surface area (Å²) in [4.78, 5) is 0. The average molecular weight is 200 g/mol. The van der Waals surface area contributed by atoms with Gasteiger partial charge in [-0.3, -0.25) is 0 Å². The van der Waals surface area contributed by atoms with Crippen LogP contribution in [0.25, 0.3) is 0 Å². The maximum absolute atomic E-state index is 9.44. The predicted octanol–water partition coefficient (Wildman–Crippen LogP) is 2.50. The lowest BCUT2D eigenvalue weighted by Gasteiger charge is -2.07. The van der Waals surface area contributed by atoms with E-state index < -0.39 is 0 Å². The summed E-state index contributed by atoms with van der Waals surface area (Å²) < 4.78 is 0. The highest BCUT2D eigenvalue weighted by molar-refractivity contribution is 4.94. The Morgan fingerprint density at radius 3 is 2.36 bits per heavy atom. The third kappa shape index (κ3) is 6.17. The van der Waals surface area contributed by atoms with Gasteiger partial charge in [-0.05, 0) is 26.2 Å². The van der Waals surface area contributed by atoms with Crippen LogP contribution in [0.4, 0.5) is 0 Å². The quantitative estimate of drug-likeness (QED) is 0.687. The van der Waals surface area contributed by atoms with Crippen molar-refractivity contribution >= 4 is 0 Å². The summed E-state index contributed by atoms with van der Waals surface area (Å²) in [5.74, 6) is 0.460. The Kier molecular flexibility index (Phi) is 9.00. The van der Waals surface area contributed by atoms with Crippen LogP contribution in [0.1, 0.15) is 46.0 Å². The lowest BCUT2D eigenvalue weighted by molar-refractivity contribution is 0.153. The first-order chi connectivity index (χ1) is 6.76. The van der Waals surface area contributed by atoms with Crippen molar-refractivity contribution in [3.8, 4) is 0 Å². The Balaban J connectivity index is 0.000000500. The molecule has 0 amide bonds. The molecule has 0 radical (unpaired) electrons. The van der Waals surface area contributed by atoms with Crippen molar-refractivity contribution in [2.24, 2.45) is 5.92 Å². The van der Waals surface area contributed by atoms with Crippen LogP contribution >= 0.6 is 0 Å². The molecule has 0 aromatic carbocycles. The summed E-state index contributed by atoms with van der Waals surface area (Å²) in [6.45, 7) is 4.11. The van der Waals surface area contributed by atoms with Crippen molar-refractivity contribution in [1.29, 1.82) is 0 Å². The number of hydrogen-bond acceptors (Lipinski definition) is 2. The second-order valence-electron chi connectivity index (χ2n) is 3.70. The van der Waals surface area contributed by atoms with E-state index in [9.17, 15) is 5.11 Å².